The molecule has 0 unspecified atom stereocenters. The van der Waals surface area contributed by atoms with Crippen molar-refractivity contribution in [2.75, 3.05) is 0 Å². The zero-order valence-electron chi connectivity index (χ0n) is 7.67. The number of rotatable bonds is 3. The third kappa shape index (κ3) is 1.80. The van der Waals surface area contributed by atoms with Crippen LogP contribution in [0.2, 0.25) is 0 Å². The van der Waals surface area contributed by atoms with E-state index in [1.807, 2.05) is 30.3 Å². The molecule has 0 fully saturated rings. The molecule has 0 atom stereocenters. The van der Waals surface area contributed by atoms with Gasteiger partial charge in [-0.05, 0) is 5.56 Å². The normalized spacial score (nSPS) is 10.4. The van der Waals surface area contributed by atoms with Gasteiger partial charge >= 0.3 is 0 Å². The van der Waals surface area contributed by atoms with Crippen LogP contribution in [0.25, 0.3) is 0 Å². The van der Waals surface area contributed by atoms with Gasteiger partial charge in [0.25, 0.3) is 0 Å². The van der Waals surface area contributed by atoms with Crippen LogP contribution in [0.1, 0.15) is 11.4 Å². The molecule has 2 rings (SSSR count). The van der Waals surface area contributed by atoms with Gasteiger partial charge in [-0.1, -0.05) is 30.3 Å². The summed E-state index contributed by atoms with van der Waals surface area (Å²) in [6.07, 6.45) is 1.45. The Kier molecular flexibility index (Phi) is 2.55. The molecule has 0 radical (unpaired) electrons. The first kappa shape index (κ1) is 8.90. The lowest BCUT2D eigenvalue weighted by Crippen LogP contribution is -2.06. The quantitative estimate of drug-likeness (QED) is 0.777. The topological polar surface area (TPSA) is 50.9 Å². The van der Waals surface area contributed by atoms with E-state index in [1.54, 1.807) is 4.68 Å². The molecule has 14 heavy (non-hydrogen) atoms. The molecular weight excluding hydrogens is 178 g/mol. The van der Waals surface area contributed by atoms with Crippen LogP contribution in [0, 0.1) is 0 Å². The van der Waals surface area contributed by atoms with Crippen LogP contribution in [0.3, 0.4) is 0 Å². The van der Waals surface area contributed by atoms with Crippen molar-refractivity contribution in [3.63, 3.8) is 0 Å². The van der Waals surface area contributed by atoms with Gasteiger partial charge in [0.2, 0.25) is 0 Å². The maximum Gasteiger partial charge on any atom is 0.152 e. The highest BCUT2D eigenvalue weighted by atomic mass is 16.3. The Balaban J connectivity index is 2.19. The SMILES string of the molecule is OCc1ncnn1Cc1ccccc1. The van der Waals surface area contributed by atoms with E-state index >= 15 is 0 Å². The number of hydrogen-bond donors (Lipinski definition) is 1. The third-order valence-corrected chi connectivity index (χ3v) is 2.01. The molecular formula is C10H11N3O. The van der Waals surface area contributed by atoms with Gasteiger partial charge in [0.15, 0.2) is 5.82 Å². The van der Waals surface area contributed by atoms with Crippen LogP contribution < -0.4 is 0 Å². The van der Waals surface area contributed by atoms with Gasteiger partial charge in [0.05, 0.1) is 6.54 Å². The first-order valence-electron chi connectivity index (χ1n) is 4.41. The summed E-state index contributed by atoms with van der Waals surface area (Å²) in [7, 11) is 0. The van der Waals surface area contributed by atoms with Crippen molar-refractivity contribution in [2.45, 2.75) is 13.2 Å². The second-order valence-corrected chi connectivity index (χ2v) is 2.98. The lowest BCUT2D eigenvalue weighted by atomic mass is 10.2. The Morgan fingerprint density at radius 1 is 1.21 bits per heavy atom. The number of nitrogens with zero attached hydrogens (tertiary/aromatic N) is 3. The predicted molar refractivity (Wildman–Crippen MR) is 51.5 cm³/mol. The molecule has 2 aromatic rings. The zero-order chi connectivity index (χ0) is 9.80. The van der Waals surface area contributed by atoms with E-state index in [2.05, 4.69) is 10.1 Å². The Morgan fingerprint density at radius 3 is 2.71 bits per heavy atom. The van der Waals surface area contributed by atoms with Crippen molar-refractivity contribution >= 4 is 0 Å². The summed E-state index contributed by atoms with van der Waals surface area (Å²) in [6.45, 7) is 0.573. The highest BCUT2D eigenvalue weighted by molar-refractivity contribution is 5.14. The van der Waals surface area contributed by atoms with Crippen LogP contribution in [-0.4, -0.2) is 19.9 Å². The Labute approximate surface area is 81.8 Å². The molecule has 0 aliphatic rings. The molecule has 4 nitrogen and oxygen atoms in total. The average Bonchev–Trinajstić information content (AvgIpc) is 2.67. The van der Waals surface area contributed by atoms with Crippen molar-refractivity contribution in [3.05, 3.63) is 48.0 Å². The van der Waals surface area contributed by atoms with Crippen LogP contribution in [0.15, 0.2) is 36.7 Å². The number of benzene rings is 1. The van der Waals surface area contributed by atoms with Crippen LogP contribution >= 0.6 is 0 Å². The monoisotopic (exact) mass is 189 g/mol. The summed E-state index contributed by atoms with van der Waals surface area (Å²) in [5.74, 6) is 0.592. The second kappa shape index (κ2) is 4.02. The highest BCUT2D eigenvalue weighted by Crippen LogP contribution is 2.03. The fourth-order valence-electron chi connectivity index (χ4n) is 1.30. The summed E-state index contributed by atoms with van der Waals surface area (Å²) in [5.41, 5.74) is 1.15. The Morgan fingerprint density at radius 2 is 2.00 bits per heavy atom. The molecule has 1 heterocycles. The molecule has 0 aliphatic carbocycles. The lowest BCUT2D eigenvalue weighted by Gasteiger charge is -2.03. The van der Waals surface area contributed by atoms with Crippen molar-refractivity contribution in [1.82, 2.24) is 14.8 Å². The molecule has 0 aliphatic heterocycles. The summed E-state index contributed by atoms with van der Waals surface area (Å²) < 4.78 is 1.69. The van der Waals surface area contributed by atoms with E-state index in [0.717, 1.165) is 5.56 Å². The zero-order valence-corrected chi connectivity index (χ0v) is 7.67. The van der Waals surface area contributed by atoms with Gasteiger partial charge in [-0.15, -0.1) is 0 Å². The lowest BCUT2D eigenvalue weighted by molar-refractivity contribution is 0.264. The fourth-order valence-corrected chi connectivity index (χ4v) is 1.30. The standard InChI is InChI=1S/C10H11N3O/c14-7-10-11-8-12-13(10)6-9-4-2-1-3-5-9/h1-5,8,14H,6-7H2. The molecule has 1 aromatic carbocycles. The minimum absolute atomic E-state index is 0.0766. The largest absolute Gasteiger partial charge is 0.388 e. The summed E-state index contributed by atoms with van der Waals surface area (Å²) >= 11 is 0. The van der Waals surface area contributed by atoms with Gasteiger partial charge in [-0.25, -0.2) is 9.67 Å². The smallest absolute Gasteiger partial charge is 0.152 e. The minimum atomic E-state index is -0.0766. The summed E-state index contributed by atoms with van der Waals surface area (Å²) in [6, 6.07) is 9.96. The summed E-state index contributed by atoms with van der Waals surface area (Å²) in [4.78, 5) is 3.93. The van der Waals surface area contributed by atoms with Crippen molar-refractivity contribution in [2.24, 2.45) is 0 Å². The van der Waals surface area contributed by atoms with Crippen LogP contribution in [-0.2, 0) is 13.2 Å². The number of hydrogen-bond acceptors (Lipinski definition) is 3. The minimum Gasteiger partial charge on any atom is -0.388 e. The van der Waals surface area contributed by atoms with E-state index in [1.165, 1.54) is 6.33 Å². The molecule has 1 aromatic heterocycles. The number of aliphatic hydroxyl groups excluding tert-OH is 1. The molecule has 0 saturated heterocycles. The predicted octanol–water partition coefficient (Wildman–Crippen LogP) is 0.819. The second-order valence-electron chi connectivity index (χ2n) is 2.98. The summed E-state index contributed by atoms with van der Waals surface area (Å²) in [5, 5.41) is 13.0. The van der Waals surface area contributed by atoms with Crippen LogP contribution in [0.4, 0.5) is 0 Å². The van der Waals surface area contributed by atoms with Crippen molar-refractivity contribution in [1.29, 1.82) is 0 Å². The van der Waals surface area contributed by atoms with Gasteiger partial charge < -0.3 is 5.11 Å². The van der Waals surface area contributed by atoms with E-state index in [9.17, 15) is 0 Å². The van der Waals surface area contributed by atoms with Gasteiger partial charge in [-0.2, -0.15) is 5.10 Å². The van der Waals surface area contributed by atoms with Crippen molar-refractivity contribution in [3.8, 4) is 0 Å². The molecule has 72 valence electrons. The Bertz CT molecular complexity index is 397. The van der Waals surface area contributed by atoms with E-state index in [-0.39, 0.29) is 6.61 Å². The van der Waals surface area contributed by atoms with Crippen LogP contribution in [0.5, 0.6) is 0 Å². The first-order chi connectivity index (χ1) is 6.90. The molecule has 0 spiro atoms. The van der Waals surface area contributed by atoms with E-state index in [4.69, 9.17) is 5.11 Å². The maximum absolute atomic E-state index is 8.96. The van der Waals surface area contributed by atoms with Crippen molar-refractivity contribution < 1.29 is 5.11 Å². The number of aliphatic hydroxyl groups is 1. The molecule has 0 saturated carbocycles. The number of aromatic nitrogens is 3. The highest BCUT2D eigenvalue weighted by Gasteiger charge is 2.02. The van der Waals surface area contributed by atoms with E-state index < -0.39 is 0 Å². The molecule has 0 amide bonds. The molecule has 4 heteroatoms. The van der Waals surface area contributed by atoms with Gasteiger partial charge in [0, 0.05) is 0 Å². The van der Waals surface area contributed by atoms with E-state index in [0.29, 0.717) is 12.4 Å². The average molecular weight is 189 g/mol. The third-order valence-electron chi connectivity index (χ3n) is 2.01. The maximum atomic E-state index is 8.96. The fraction of sp³-hybridized carbons (Fsp3) is 0.200. The first-order valence-corrected chi connectivity index (χ1v) is 4.41. The van der Waals surface area contributed by atoms with Gasteiger partial charge in [-0.3, -0.25) is 0 Å². The molecule has 0 bridgehead atoms. The van der Waals surface area contributed by atoms with Gasteiger partial charge in [0.1, 0.15) is 12.9 Å². The Hall–Kier alpha value is -1.68. The molecule has 1 N–H and O–H groups in total.